The lowest BCUT2D eigenvalue weighted by Crippen LogP contribution is -2.45. The molecule has 1 amide bonds. The van der Waals surface area contributed by atoms with Crippen LogP contribution < -0.4 is 10.2 Å². The van der Waals surface area contributed by atoms with Gasteiger partial charge in [-0.3, -0.25) is 9.36 Å². The number of phosphoric acid groups is 1. The summed E-state index contributed by atoms with van der Waals surface area (Å²) in [5, 5.41) is 13.9. The molecule has 0 radical (unpaired) electrons. The topological polar surface area (TPSA) is 108 Å². The molecule has 0 aromatic carbocycles. The molecular weight excluding hydrogens is 960 g/mol. The largest absolute Gasteiger partial charge is 0.756 e. The maximum Gasteiger partial charge on any atom is 0.268 e. The van der Waals surface area contributed by atoms with E-state index in [4.69, 9.17) is 9.05 Å². The van der Waals surface area contributed by atoms with Crippen LogP contribution >= 0.6 is 7.82 Å². The number of quaternary nitrogens is 1. The zero-order valence-corrected chi connectivity index (χ0v) is 52.6. The van der Waals surface area contributed by atoms with Crippen LogP contribution in [0.4, 0.5) is 0 Å². The molecule has 0 spiro atoms. The number of unbranched alkanes of at least 4 members (excludes halogenated alkanes) is 48. The third-order valence-corrected chi connectivity index (χ3v) is 16.6. The Morgan fingerprint density at radius 2 is 0.737 bits per heavy atom. The van der Waals surface area contributed by atoms with Gasteiger partial charge in [-0.15, -0.1) is 0 Å². The van der Waals surface area contributed by atoms with Gasteiger partial charge in [-0.05, 0) is 32.1 Å². The third kappa shape index (κ3) is 60.6. The summed E-state index contributed by atoms with van der Waals surface area (Å²) in [7, 11) is 1.26. The van der Waals surface area contributed by atoms with Crippen molar-refractivity contribution in [1.29, 1.82) is 0 Å². The fourth-order valence-corrected chi connectivity index (χ4v) is 11.1. The smallest absolute Gasteiger partial charge is 0.268 e. The van der Waals surface area contributed by atoms with E-state index in [9.17, 15) is 19.4 Å². The highest BCUT2D eigenvalue weighted by molar-refractivity contribution is 7.45. The van der Waals surface area contributed by atoms with Gasteiger partial charge in [0, 0.05) is 6.42 Å². The second-order valence-electron chi connectivity index (χ2n) is 24.5. The molecule has 0 aliphatic carbocycles. The zero-order chi connectivity index (χ0) is 55.6. The molecule has 0 rings (SSSR count). The quantitative estimate of drug-likeness (QED) is 0.0272. The van der Waals surface area contributed by atoms with Crippen molar-refractivity contribution in [2.24, 2.45) is 0 Å². The van der Waals surface area contributed by atoms with Gasteiger partial charge in [0.05, 0.1) is 39.9 Å². The van der Waals surface area contributed by atoms with Gasteiger partial charge in [0.1, 0.15) is 13.2 Å². The van der Waals surface area contributed by atoms with Crippen LogP contribution in [0, 0.1) is 0 Å². The average Bonchev–Trinajstić information content (AvgIpc) is 3.38. The first kappa shape index (κ1) is 75.0. The van der Waals surface area contributed by atoms with Crippen molar-refractivity contribution in [2.75, 3.05) is 40.9 Å². The highest BCUT2D eigenvalue weighted by atomic mass is 31.2. The van der Waals surface area contributed by atoms with Crippen LogP contribution in [-0.4, -0.2) is 68.5 Å². The summed E-state index contributed by atoms with van der Waals surface area (Å²) in [6.45, 7) is 4.66. The lowest BCUT2D eigenvalue weighted by atomic mass is 10.0. The molecule has 0 saturated carbocycles. The number of amides is 1. The molecular formula is C67H133N2O6P. The summed E-state index contributed by atoms with van der Waals surface area (Å²) in [6, 6.07) is -0.900. The minimum atomic E-state index is -4.60. The number of rotatable bonds is 63. The molecule has 0 bridgehead atoms. The number of nitrogens with one attached hydrogen (secondary N) is 1. The first-order valence-corrected chi connectivity index (χ1v) is 35.2. The highest BCUT2D eigenvalue weighted by Gasteiger charge is 2.23. The maximum absolute atomic E-state index is 13.0. The van der Waals surface area contributed by atoms with E-state index in [2.05, 4.69) is 31.3 Å². The monoisotopic (exact) mass is 1090 g/mol. The molecule has 0 saturated heterocycles. The van der Waals surface area contributed by atoms with Crippen LogP contribution in [-0.2, 0) is 18.4 Å². The van der Waals surface area contributed by atoms with E-state index in [1.165, 1.54) is 289 Å². The van der Waals surface area contributed by atoms with Crippen molar-refractivity contribution in [3.05, 3.63) is 24.3 Å². The standard InChI is InChI=1S/C67H133N2O6P/c1-6-8-10-12-14-16-18-20-22-23-24-25-26-27-28-29-30-31-32-33-34-35-36-37-38-39-40-41-42-43-44-45-46-47-49-51-53-55-57-59-61-67(71)68-65(64-75-76(72,73)74-63-62-69(3,4)5)66(70)60-58-56-54-52-50-48-21-19-17-15-13-11-9-7-2/h50,52,58,60,65-66,70H,6-49,51,53-57,59,61-64H2,1-5H3,(H-,68,71,72,73)/b52-50+,60-58+. The fourth-order valence-electron chi connectivity index (χ4n) is 10.4. The number of aliphatic hydroxyl groups excluding tert-OH is 1. The molecule has 0 heterocycles. The van der Waals surface area contributed by atoms with Gasteiger partial charge in [-0.25, -0.2) is 0 Å². The second kappa shape index (κ2) is 58.6. The van der Waals surface area contributed by atoms with Crippen molar-refractivity contribution < 1.29 is 32.9 Å². The third-order valence-electron chi connectivity index (χ3n) is 15.7. The van der Waals surface area contributed by atoms with Gasteiger partial charge in [0.15, 0.2) is 0 Å². The number of phosphoric ester groups is 1. The van der Waals surface area contributed by atoms with E-state index < -0.39 is 20.0 Å². The minimum Gasteiger partial charge on any atom is -0.756 e. The Morgan fingerprint density at radius 3 is 1.07 bits per heavy atom. The number of carbonyl (C=O) groups is 1. The van der Waals surface area contributed by atoms with E-state index in [1.807, 2.05) is 27.2 Å². The van der Waals surface area contributed by atoms with Gasteiger partial charge >= 0.3 is 0 Å². The predicted molar refractivity (Wildman–Crippen MR) is 330 cm³/mol. The molecule has 3 unspecified atom stereocenters. The summed E-state index contributed by atoms with van der Waals surface area (Å²) in [5.74, 6) is -0.201. The lowest BCUT2D eigenvalue weighted by molar-refractivity contribution is -0.870. The summed E-state index contributed by atoms with van der Waals surface area (Å²) >= 11 is 0. The maximum atomic E-state index is 13.0. The van der Waals surface area contributed by atoms with E-state index in [-0.39, 0.29) is 19.1 Å². The van der Waals surface area contributed by atoms with Crippen LogP contribution in [0.15, 0.2) is 24.3 Å². The Balaban J connectivity index is 3.84. The molecule has 0 aliphatic heterocycles. The van der Waals surface area contributed by atoms with Gasteiger partial charge in [0.2, 0.25) is 5.91 Å². The normalized spacial score (nSPS) is 13.8. The fraction of sp³-hybridized carbons (Fsp3) is 0.925. The van der Waals surface area contributed by atoms with Gasteiger partial charge in [-0.2, -0.15) is 0 Å². The first-order chi connectivity index (χ1) is 37.0. The Bertz CT molecular complexity index is 1290. The van der Waals surface area contributed by atoms with Crippen molar-refractivity contribution in [1.82, 2.24) is 5.32 Å². The molecule has 8 nitrogen and oxygen atoms in total. The number of hydrogen-bond acceptors (Lipinski definition) is 6. The van der Waals surface area contributed by atoms with Crippen molar-refractivity contribution in [2.45, 2.75) is 360 Å². The Kier molecular flexibility index (Phi) is 57.8. The summed E-state index contributed by atoms with van der Waals surface area (Å²) in [5.41, 5.74) is 0. The number of hydrogen-bond donors (Lipinski definition) is 2. The summed E-state index contributed by atoms with van der Waals surface area (Å²) in [4.78, 5) is 25.5. The van der Waals surface area contributed by atoms with Gasteiger partial charge in [0.25, 0.3) is 7.82 Å². The Hall–Kier alpha value is -1.02. The average molecular weight is 1090 g/mol. The SMILES string of the molecule is CCCCCCCCCC/C=C/CC/C=C/C(O)C(COP(=O)([O-])OCC[N+](C)(C)C)NC(=O)CCCCCCCCCCCCCCCCCCCCCCCCCCCCCCCCCCCCCCCCCC. The molecule has 3 atom stereocenters. The lowest BCUT2D eigenvalue weighted by Gasteiger charge is -2.29. The first-order valence-electron chi connectivity index (χ1n) is 33.7. The van der Waals surface area contributed by atoms with E-state index in [1.54, 1.807) is 6.08 Å². The van der Waals surface area contributed by atoms with Crippen LogP contribution in [0.5, 0.6) is 0 Å². The molecule has 76 heavy (non-hydrogen) atoms. The molecule has 0 fully saturated rings. The van der Waals surface area contributed by atoms with Crippen LogP contribution in [0.2, 0.25) is 0 Å². The Morgan fingerprint density at radius 1 is 0.447 bits per heavy atom. The van der Waals surface area contributed by atoms with E-state index in [0.717, 1.165) is 38.5 Å². The zero-order valence-electron chi connectivity index (χ0n) is 51.7. The summed E-state index contributed by atoms with van der Waals surface area (Å²) in [6.07, 6.45) is 76.1. The van der Waals surface area contributed by atoms with Gasteiger partial charge < -0.3 is 28.8 Å². The van der Waals surface area contributed by atoms with Crippen LogP contribution in [0.1, 0.15) is 348 Å². The van der Waals surface area contributed by atoms with Crippen LogP contribution in [0.3, 0.4) is 0 Å². The molecule has 0 aromatic rings. The molecule has 452 valence electrons. The number of carbonyl (C=O) groups excluding carboxylic acids is 1. The van der Waals surface area contributed by atoms with Crippen LogP contribution in [0.25, 0.3) is 0 Å². The molecule has 9 heteroatoms. The number of aliphatic hydroxyl groups is 1. The van der Waals surface area contributed by atoms with Crippen molar-refractivity contribution in [3.63, 3.8) is 0 Å². The number of nitrogens with zero attached hydrogens (tertiary/aromatic N) is 1. The van der Waals surface area contributed by atoms with Crippen molar-refractivity contribution >= 4 is 13.7 Å². The number of allylic oxidation sites excluding steroid dienone is 3. The summed E-state index contributed by atoms with van der Waals surface area (Å²) < 4.78 is 23.3. The highest BCUT2D eigenvalue weighted by Crippen LogP contribution is 2.38. The minimum absolute atomic E-state index is 0.00385. The van der Waals surface area contributed by atoms with E-state index >= 15 is 0 Å². The van der Waals surface area contributed by atoms with Crippen molar-refractivity contribution in [3.8, 4) is 0 Å². The predicted octanol–water partition coefficient (Wildman–Crippen LogP) is 20.5. The van der Waals surface area contributed by atoms with Gasteiger partial charge in [-0.1, -0.05) is 334 Å². The molecule has 0 aromatic heterocycles. The van der Waals surface area contributed by atoms with E-state index in [0.29, 0.717) is 17.4 Å². The second-order valence-corrected chi connectivity index (χ2v) is 25.9. The molecule has 2 N–H and O–H groups in total. The number of likely N-dealkylation sites (N-methyl/N-ethyl adjacent to an activating group) is 1. The Labute approximate surface area is 474 Å². The molecule has 0 aliphatic rings.